The van der Waals surface area contributed by atoms with E-state index in [4.69, 9.17) is 4.42 Å². The molecule has 0 aliphatic carbocycles. The first-order valence-electron chi connectivity index (χ1n) is 12.1. The fraction of sp³-hybridized carbons (Fsp3) is 0.0625. The Morgan fingerprint density at radius 1 is 0.838 bits per heavy atom. The topological polar surface area (TPSA) is 45.7 Å². The van der Waals surface area contributed by atoms with Crippen molar-refractivity contribution in [3.63, 3.8) is 0 Å². The lowest BCUT2D eigenvalue weighted by atomic mass is 10.00. The fourth-order valence-electron chi connectivity index (χ4n) is 5.62. The number of fused-ring (bicyclic) bond motifs is 6. The summed E-state index contributed by atoms with van der Waals surface area (Å²) in [6, 6.07) is 29.6. The molecule has 0 fully saturated rings. The van der Waals surface area contributed by atoms with Crippen LogP contribution in [0.4, 0.5) is 4.39 Å². The number of pyridine rings is 1. The van der Waals surface area contributed by atoms with E-state index in [-0.39, 0.29) is 5.56 Å². The number of para-hydroxylation sites is 2. The second kappa shape index (κ2) is 7.78. The molecule has 0 aliphatic rings. The lowest BCUT2D eigenvalue weighted by Crippen LogP contribution is -2.30. The average molecular weight is 483 g/mol. The number of benzene rings is 4. The lowest BCUT2D eigenvalue weighted by molar-refractivity contribution is -0.660. The van der Waals surface area contributed by atoms with Gasteiger partial charge in [0.25, 0.3) is 0 Å². The van der Waals surface area contributed by atoms with Crippen LogP contribution < -0.4 is 4.57 Å². The van der Waals surface area contributed by atoms with Gasteiger partial charge in [0.15, 0.2) is 11.8 Å². The number of rotatable bonds is 2. The average Bonchev–Trinajstić information content (AvgIpc) is 3.46. The number of hydrogen-bond acceptors (Lipinski definition) is 2. The second-order valence-corrected chi connectivity index (χ2v) is 9.37. The maximum absolute atomic E-state index is 15.7. The SMILES string of the molecule is Cc1ccc2c(oc3c(-n4c5ccccc5c5ccccc54)c(C#N)cc(F)c32)c1-c1cccc[n+]1C. The minimum absolute atomic E-state index is 0.221. The van der Waals surface area contributed by atoms with E-state index in [0.717, 1.165) is 38.6 Å². The Hall–Kier alpha value is -4.95. The molecular formula is C32H21FN3O+. The first-order valence-corrected chi connectivity index (χ1v) is 12.1. The molecule has 37 heavy (non-hydrogen) atoms. The third kappa shape index (κ3) is 2.90. The minimum Gasteiger partial charge on any atom is -0.453 e. The number of aromatic nitrogens is 2. The van der Waals surface area contributed by atoms with Crippen LogP contribution in [-0.2, 0) is 7.05 Å². The van der Waals surface area contributed by atoms with Gasteiger partial charge in [-0.2, -0.15) is 5.26 Å². The van der Waals surface area contributed by atoms with Crippen LogP contribution in [0.2, 0.25) is 0 Å². The summed E-state index contributed by atoms with van der Waals surface area (Å²) in [5.41, 5.74) is 6.49. The fourth-order valence-corrected chi connectivity index (χ4v) is 5.62. The van der Waals surface area contributed by atoms with Gasteiger partial charge in [-0.3, -0.25) is 0 Å². The third-order valence-electron chi connectivity index (χ3n) is 7.28. The van der Waals surface area contributed by atoms with Crippen LogP contribution in [0.25, 0.3) is 60.7 Å². The Labute approximate surface area is 212 Å². The summed E-state index contributed by atoms with van der Waals surface area (Å²) in [6.07, 6.45) is 1.98. The van der Waals surface area contributed by atoms with Crippen molar-refractivity contribution in [1.29, 1.82) is 5.26 Å². The largest absolute Gasteiger partial charge is 0.453 e. The highest BCUT2D eigenvalue weighted by Crippen LogP contribution is 2.43. The summed E-state index contributed by atoms with van der Waals surface area (Å²) in [4.78, 5) is 0. The Morgan fingerprint density at radius 2 is 1.51 bits per heavy atom. The smallest absolute Gasteiger partial charge is 0.216 e. The van der Waals surface area contributed by atoms with E-state index < -0.39 is 5.82 Å². The zero-order chi connectivity index (χ0) is 25.3. The van der Waals surface area contributed by atoms with E-state index in [2.05, 4.69) is 18.2 Å². The van der Waals surface area contributed by atoms with Crippen molar-refractivity contribution < 1.29 is 13.4 Å². The highest BCUT2D eigenvalue weighted by Gasteiger charge is 2.26. The summed E-state index contributed by atoms with van der Waals surface area (Å²) in [7, 11) is 1.98. The molecule has 3 heterocycles. The van der Waals surface area contributed by atoms with E-state index in [9.17, 15) is 5.26 Å². The van der Waals surface area contributed by atoms with Crippen molar-refractivity contribution in [2.24, 2.45) is 7.05 Å². The van der Waals surface area contributed by atoms with Crippen molar-refractivity contribution in [1.82, 2.24) is 4.57 Å². The van der Waals surface area contributed by atoms with Gasteiger partial charge in [-0.05, 0) is 36.8 Å². The molecule has 176 valence electrons. The van der Waals surface area contributed by atoms with Crippen LogP contribution in [0.5, 0.6) is 0 Å². The molecule has 4 nitrogen and oxygen atoms in total. The highest BCUT2D eigenvalue weighted by molar-refractivity contribution is 6.15. The maximum Gasteiger partial charge on any atom is 0.216 e. The number of nitrogens with zero attached hydrogens (tertiary/aromatic N) is 3. The molecule has 5 heteroatoms. The molecule has 0 spiro atoms. The predicted molar refractivity (Wildman–Crippen MR) is 144 cm³/mol. The summed E-state index contributed by atoms with van der Waals surface area (Å²) < 4.78 is 26.4. The Kier molecular flexibility index (Phi) is 4.49. The summed E-state index contributed by atoms with van der Waals surface area (Å²) in [6.45, 7) is 2.03. The molecule has 7 rings (SSSR count). The molecule has 0 aliphatic heterocycles. The number of halogens is 1. The normalized spacial score (nSPS) is 11.6. The standard InChI is InChI=1S/C32H21FN3O/c1-19-14-15-23-29-24(33)17-20(18-34)30(32(29)37-31(23)28(19)27-13-7-8-16-35(27)2)36-25-11-5-3-9-21(25)22-10-4-6-12-26(22)36/h3-17H,1-2H3/q+1. The molecule has 0 saturated heterocycles. The Morgan fingerprint density at radius 3 is 2.19 bits per heavy atom. The molecule has 7 aromatic rings. The van der Waals surface area contributed by atoms with Crippen molar-refractivity contribution in [3.8, 4) is 23.0 Å². The number of hydrogen-bond donors (Lipinski definition) is 0. The third-order valence-corrected chi connectivity index (χ3v) is 7.28. The summed E-state index contributed by atoms with van der Waals surface area (Å²) in [5, 5.41) is 13.3. The molecule has 0 saturated carbocycles. The highest BCUT2D eigenvalue weighted by atomic mass is 19.1. The van der Waals surface area contributed by atoms with Crippen LogP contribution in [0.1, 0.15) is 11.1 Å². The van der Waals surface area contributed by atoms with Gasteiger partial charge in [-0.25, -0.2) is 8.96 Å². The number of furan rings is 1. The molecule has 4 aromatic carbocycles. The first-order chi connectivity index (χ1) is 18.1. The van der Waals surface area contributed by atoms with Crippen molar-refractivity contribution in [2.45, 2.75) is 6.92 Å². The van der Waals surface area contributed by atoms with Crippen LogP contribution in [0.3, 0.4) is 0 Å². The molecule has 3 aromatic heterocycles. The molecule has 0 atom stereocenters. The van der Waals surface area contributed by atoms with E-state index >= 15 is 4.39 Å². The van der Waals surface area contributed by atoms with Gasteiger partial charge >= 0.3 is 0 Å². The van der Waals surface area contributed by atoms with Gasteiger partial charge in [0.2, 0.25) is 5.69 Å². The van der Waals surface area contributed by atoms with Gasteiger partial charge in [-0.1, -0.05) is 48.5 Å². The van der Waals surface area contributed by atoms with Crippen LogP contribution in [-0.4, -0.2) is 4.57 Å². The zero-order valence-electron chi connectivity index (χ0n) is 20.3. The van der Waals surface area contributed by atoms with Crippen molar-refractivity contribution in [3.05, 3.63) is 108 Å². The second-order valence-electron chi connectivity index (χ2n) is 9.37. The van der Waals surface area contributed by atoms with Gasteiger partial charge in [0.1, 0.15) is 30.2 Å². The molecule has 0 bridgehead atoms. The van der Waals surface area contributed by atoms with Crippen molar-refractivity contribution >= 4 is 43.7 Å². The zero-order valence-corrected chi connectivity index (χ0v) is 20.3. The number of nitriles is 1. The van der Waals surface area contributed by atoms with Gasteiger partial charge in [0, 0.05) is 28.3 Å². The van der Waals surface area contributed by atoms with Gasteiger partial charge in [0.05, 0.1) is 27.5 Å². The maximum atomic E-state index is 15.7. The minimum atomic E-state index is -0.470. The molecule has 0 amide bonds. The lowest BCUT2D eigenvalue weighted by Gasteiger charge is -2.11. The quantitative estimate of drug-likeness (QED) is 0.240. The van der Waals surface area contributed by atoms with E-state index in [0.29, 0.717) is 27.6 Å². The van der Waals surface area contributed by atoms with E-state index in [1.54, 1.807) is 0 Å². The Balaban J connectivity index is 1.71. The molecular weight excluding hydrogens is 461 g/mol. The first kappa shape index (κ1) is 21.3. The molecule has 0 N–H and O–H groups in total. The Bertz CT molecular complexity index is 2040. The van der Waals surface area contributed by atoms with E-state index in [1.807, 2.05) is 96.0 Å². The molecule has 0 radical (unpaired) electrons. The van der Waals surface area contributed by atoms with Crippen LogP contribution in [0.15, 0.2) is 95.5 Å². The summed E-state index contributed by atoms with van der Waals surface area (Å²) in [5.74, 6) is -0.470. The van der Waals surface area contributed by atoms with Crippen LogP contribution >= 0.6 is 0 Å². The monoisotopic (exact) mass is 482 g/mol. The van der Waals surface area contributed by atoms with Crippen molar-refractivity contribution in [2.75, 3.05) is 0 Å². The van der Waals surface area contributed by atoms with Gasteiger partial charge < -0.3 is 8.98 Å². The molecule has 0 unspecified atom stereocenters. The van der Waals surface area contributed by atoms with Crippen LogP contribution in [0, 0.1) is 24.1 Å². The number of aryl methyl sites for hydroxylation is 2. The predicted octanol–water partition coefficient (Wildman–Crippen LogP) is 7.49. The van der Waals surface area contributed by atoms with E-state index in [1.165, 1.54) is 6.07 Å². The van der Waals surface area contributed by atoms with Gasteiger partial charge in [-0.15, -0.1) is 0 Å². The summed E-state index contributed by atoms with van der Waals surface area (Å²) >= 11 is 0.